The van der Waals surface area contributed by atoms with Crippen molar-refractivity contribution in [2.24, 2.45) is 0 Å². The van der Waals surface area contributed by atoms with E-state index >= 15 is 0 Å². The van der Waals surface area contributed by atoms with Crippen molar-refractivity contribution < 1.29 is 9.84 Å². The van der Waals surface area contributed by atoms with Gasteiger partial charge in [-0.25, -0.2) is 0 Å². The Morgan fingerprint density at radius 1 is 1.64 bits per heavy atom. The fourth-order valence-corrected chi connectivity index (χ4v) is 1.34. The van der Waals surface area contributed by atoms with E-state index in [4.69, 9.17) is 9.84 Å². The van der Waals surface area contributed by atoms with E-state index in [1.807, 2.05) is 0 Å². The van der Waals surface area contributed by atoms with E-state index in [1.54, 1.807) is 6.92 Å². The van der Waals surface area contributed by atoms with Crippen LogP contribution in [0.2, 0.25) is 0 Å². The van der Waals surface area contributed by atoms with E-state index in [-0.39, 0.29) is 0 Å². The van der Waals surface area contributed by atoms with E-state index < -0.39 is 6.23 Å². The zero-order valence-electron chi connectivity index (χ0n) is 7.21. The predicted octanol–water partition coefficient (Wildman–Crippen LogP) is 0.482. The van der Waals surface area contributed by atoms with Gasteiger partial charge in [-0.3, -0.25) is 5.32 Å². The lowest BCUT2D eigenvalue weighted by molar-refractivity contribution is 0.0435. The third-order valence-corrected chi connectivity index (χ3v) is 1.96. The normalized spacial score (nSPS) is 34.1. The quantitative estimate of drug-likeness (QED) is 0.589. The van der Waals surface area contributed by atoms with E-state index in [1.165, 1.54) is 0 Å². The van der Waals surface area contributed by atoms with Gasteiger partial charge >= 0.3 is 0 Å². The summed E-state index contributed by atoms with van der Waals surface area (Å²) >= 11 is 0. The van der Waals surface area contributed by atoms with Gasteiger partial charge in [0.1, 0.15) is 6.23 Å². The van der Waals surface area contributed by atoms with Gasteiger partial charge in [0, 0.05) is 6.54 Å². The lowest BCUT2D eigenvalue weighted by Gasteiger charge is -2.13. The molecule has 0 aliphatic carbocycles. The Bertz CT molecular complexity index is 117. The first-order valence-corrected chi connectivity index (χ1v) is 4.25. The molecule has 0 aromatic carbocycles. The minimum Gasteiger partial charge on any atom is -0.379 e. The third-order valence-electron chi connectivity index (χ3n) is 1.96. The molecule has 66 valence electrons. The molecule has 1 aliphatic rings. The Kier molecular flexibility index (Phi) is 3.30. The number of hydrogen-bond acceptors (Lipinski definition) is 3. The lowest BCUT2D eigenvalue weighted by Crippen LogP contribution is -2.33. The van der Waals surface area contributed by atoms with E-state index in [9.17, 15) is 0 Å². The van der Waals surface area contributed by atoms with Gasteiger partial charge in [-0.05, 0) is 26.7 Å². The van der Waals surface area contributed by atoms with Gasteiger partial charge in [-0.1, -0.05) is 0 Å². The molecule has 3 nitrogen and oxygen atoms in total. The highest BCUT2D eigenvalue weighted by Gasteiger charge is 2.21. The Balaban J connectivity index is 2.08. The summed E-state index contributed by atoms with van der Waals surface area (Å²) in [5, 5.41) is 11.9. The van der Waals surface area contributed by atoms with Crippen LogP contribution < -0.4 is 5.32 Å². The molecule has 1 aliphatic heterocycles. The number of aliphatic hydroxyl groups is 1. The van der Waals surface area contributed by atoms with Crippen LogP contribution in [0.1, 0.15) is 26.7 Å². The lowest BCUT2D eigenvalue weighted by atomic mass is 10.2. The van der Waals surface area contributed by atoms with Gasteiger partial charge in [0.15, 0.2) is 0 Å². The number of rotatable bonds is 3. The smallest absolute Gasteiger partial charge is 0.102 e. The predicted molar refractivity (Wildman–Crippen MR) is 43.3 cm³/mol. The van der Waals surface area contributed by atoms with Crippen molar-refractivity contribution in [3.63, 3.8) is 0 Å². The van der Waals surface area contributed by atoms with Gasteiger partial charge in [0.05, 0.1) is 12.2 Å². The molecular weight excluding hydrogens is 142 g/mol. The molecule has 3 unspecified atom stereocenters. The van der Waals surface area contributed by atoms with Crippen molar-refractivity contribution in [3.05, 3.63) is 0 Å². The molecule has 1 fully saturated rings. The van der Waals surface area contributed by atoms with Gasteiger partial charge in [-0.2, -0.15) is 0 Å². The molecule has 1 saturated heterocycles. The topological polar surface area (TPSA) is 41.5 Å². The summed E-state index contributed by atoms with van der Waals surface area (Å²) in [7, 11) is 0. The molecule has 0 spiro atoms. The van der Waals surface area contributed by atoms with E-state index in [0.29, 0.717) is 12.2 Å². The van der Waals surface area contributed by atoms with Crippen LogP contribution in [0.4, 0.5) is 0 Å². The summed E-state index contributed by atoms with van der Waals surface area (Å²) < 4.78 is 5.54. The maximum Gasteiger partial charge on any atom is 0.102 e. The monoisotopic (exact) mass is 159 g/mol. The molecule has 0 aromatic rings. The van der Waals surface area contributed by atoms with Crippen LogP contribution in [-0.2, 0) is 4.74 Å². The van der Waals surface area contributed by atoms with E-state index in [2.05, 4.69) is 12.2 Å². The summed E-state index contributed by atoms with van der Waals surface area (Å²) in [6.45, 7) is 4.57. The summed E-state index contributed by atoms with van der Waals surface area (Å²) in [6, 6.07) is 0. The minimum absolute atomic E-state index is 0.305. The molecular formula is C8H17NO2. The zero-order valence-corrected chi connectivity index (χ0v) is 7.21. The molecule has 2 N–H and O–H groups in total. The molecule has 0 saturated carbocycles. The van der Waals surface area contributed by atoms with Crippen molar-refractivity contribution >= 4 is 0 Å². The highest BCUT2D eigenvalue weighted by atomic mass is 16.5. The van der Waals surface area contributed by atoms with Crippen LogP contribution in [-0.4, -0.2) is 30.1 Å². The van der Waals surface area contributed by atoms with Crippen molar-refractivity contribution in [2.45, 2.75) is 45.1 Å². The van der Waals surface area contributed by atoms with Gasteiger partial charge in [0.25, 0.3) is 0 Å². The third kappa shape index (κ3) is 3.18. The number of aliphatic hydroxyl groups excluding tert-OH is 1. The fraction of sp³-hybridized carbons (Fsp3) is 1.00. The molecule has 1 heterocycles. The minimum atomic E-state index is -0.422. The average Bonchev–Trinajstić information content (AvgIpc) is 2.31. The Hall–Kier alpha value is -0.120. The second kappa shape index (κ2) is 4.04. The maximum atomic E-state index is 8.91. The zero-order chi connectivity index (χ0) is 8.27. The molecule has 3 atom stereocenters. The van der Waals surface area contributed by atoms with Crippen LogP contribution in [0.25, 0.3) is 0 Å². The maximum absolute atomic E-state index is 8.91. The SMILES string of the molecule is CC(O)NCC1CCC(C)O1. The summed E-state index contributed by atoms with van der Waals surface area (Å²) in [5.41, 5.74) is 0. The fourth-order valence-electron chi connectivity index (χ4n) is 1.34. The van der Waals surface area contributed by atoms with Crippen molar-refractivity contribution in [1.82, 2.24) is 5.32 Å². The largest absolute Gasteiger partial charge is 0.379 e. The molecule has 0 radical (unpaired) electrons. The molecule has 11 heavy (non-hydrogen) atoms. The standard InChI is InChI=1S/C8H17NO2/c1-6-3-4-8(11-6)5-9-7(2)10/h6-10H,3-5H2,1-2H3. The highest BCUT2D eigenvalue weighted by molar-refractivity contribution is 4.72. The van der Waals surface area contributed by atoms with Crippen molar-refractivity contribution in [3.8, 4) is 0 Å². The first kappa shape index (κ1) is 8.97. The number of ether oxygens (including phenoxy) is 1. The molecule has 3 heteroatoms. The van der Waals surface area contributed by atoms with Crippen LogP contribution in [0.3, 0.4) is 0 Å². The van der Waals surface area contributed by atoms with Crippen LogP contribution in [0.5, 0.6) is 0 Å². The van der Waals surface area contributed by atoms with Crippen LogP contribution in [0.15, 0.2) is 0 Å². The van der Waals surface area contributed by atoms with Crippen molar-refractivity contribution in [2.75, 3.05) is 6.54 Å². The Morgan fingerprint density at radius 2 is 2.36 bits per heavy atom. The Labute approximate surface area is 67.7 Å². The van der Waals surface area contributed by atoms with Gasteiger partial charge in [0.2, 0.25) is 0 Å². The first-order valence-electron chi connectivity index (χ1n) is 4.25. The van der Waals surface area contributed by atoms with Crippen molar-refractivity contribution in [1.29, 1.82) is 0 Å². The number of nitrogens with one attached hydrogen (secondary N) is 1. The molecule has 0 bridgehead atoms. The summed E-state index contributed by atoms with van der Waals surface area (Å²) in [4.78, 5) is 0. The average molecular weight is 159 g/mol. The highest BCUT2D eigenvalue weighted by Crippen LogP contribution is 2.17. The Morgan fingerprint density at radius 3 is 2.82 bits per heavy atom. The van der Waals surface area contributed by atoms with E-state index in [0.717, 1.165) is 19.4 Å². The first-order chi connectivity index (χ1) is 5.18. The van der Waals surface area contributed by atoms with Crippen LogP contribution in [0, 0.1) is 0 Å². The molecule has 1 rings (SSSR count). The second-order valence-corrected chi connectivity index (χ2v) is 3.23. The number of hydrogen-bond donors (Lipinski definition) is 2. The summed E-state index contributed by atoms with van der Waals surface area (Å²) in [5.74, 6) is 0. The van der Waals surface area contributed by atoms with Gasteiger partial charge in [-0.15, -0.1) is 0 Å². The second-order valence-electron chi connectivity index (χ2n) is 3.23. The van der Waals surface area contributed by atoms with Gasteiger partial charge < -0.3 is 9.84 Å². The summed E-state index contributed by atoms with van der Waals surface area (Å²) in [6.07, 6.45) is 2.54. The molecule has 0 amide bonds. The molecule has 0 aromatic heterocycles. The van der Waals surface area contributed by atoms with Crippen LogP contribution >= 0.6 is 0 Å².